The van der Waals surface area contributed by atoms with Crippen LogP contribution >= 0.6 is 0 Å². The van der Waals surface area contributed by atoms with Crippen LogP contribution < -0.4 is 5.32 Å². The van der Waals surface area contributed by atoms with Gasteiger partial charge in [-0.3, -0.25) is 4.79 Å². The Morgan fingerprint density at radius 2 is 1.38 bits per heavy atom. The molecule has 1 N–H and O–H groups in total. The monoisotopic (exact) mass is 438 g/mol. The summed E-state index contributed by atoms with van der Waals surface area (Å²) in [4.78, 5) is 32.3. The molecule has 5 aliphatic rings. The van der Waals surface area contributed by atoms with E-state index in [0.717, 1.165) is 49.1 Å². The van der Waals surface area contributed by atoms with E-state index in [0.29, 0.717) is 38.6 Å². The topological polar surface area (TPSA) is 55.9 Å². The number of benzene rings is 1. The van der Waals surface area contributed by atoms with Crippen LogP contribution in [-0.2, 0) is 17.9 Å². The molecule has 5 fully saturated rings. The molecule has 6 rings (SSSR count). The maximum Gasteiger partial charge on any atom is 0.317 e. The van der Waals surface area contributed by atoms with Crippen LogP contribution in [0.1, 0.15) is 49.7 Å². The molecule has 0 unspecified atom stereocenters. The summed E-state index contributed by atoms with van der Waals surface area (Å²) in [7, 11) is 4.12. The highest BCUT2D eigenvalue weighted by Gasteiger charge is 2.55. The normalized spacial score (nSPS) is 31.3. The third-order valence-electron chi connectivity index (χ3n) is 8.31. The van der Waals surface area contributed by atoms with E-state index < -0.39 is 0 Å². The molecule has 6 nitrogen and oxygen atoms in total. The number of urea groups is 1. The van der Waals surface area contributed by atoms with E-state index in [1.807, 2.05) is 4.90 Å². The van der Waals surface area contributed by atoms with Crippen molar-refractivity contribution in [1.82, 2.24) is 20.0 Å². The Labute approximate surface area is 192 Å². The van der Waals surface area contributed by atoms with Crippen LogP contribution in [0.4, 0.5) is 4.79 Å². The van der Waals surface area contributed by atoms with Crippen LogP contribution in [0.15, 0.2) is 24.3 Å². The minimum atomic E-state index is -0.0715. The van der Waals surface area contributed by atoms with Gasteiger partial charge in [-0.1, -0.05) is 24.3 Å². The largest absolute Gasteiger partial charge is 0.339 e. The Balaban J connectivity index is 1.10. The van der Waals surface area contributed by atoms with Crippen LogP contribution in [0.25, 0.3) is 0 Å². The minimum absolute atomic E-state index is 0.0238. The van der Waals surface area contributed by atoms with Crippen molar-refractivity contribution < 1.29 is 9.59 Å². The number of hydrogen-bond donors (Lipinski definition) is 1. The van der Waals surface area contributed by atoms with Crippen LogP contribution in [0.5, 0.6) is 0 Å². The molecule has 1 aromatic rings. The molecule has 0 radical (unpaired) electrons. The fourth-order valence-electron chi connectivity index (χ4n) is 7.24. The molecule has 1 saturated heterocycles. The fraction of sp³-hybridized carbons (Fsp3) is 0.692. The SMILES string of the molecule is CN(C)Cc1ccc(CNC(=O)N2CCN(C(=O)C34CC5CC(CC(C5)C3)C4)CC2)cc1. The van der Waals surface area contributed by atoms with Gasteiger partial charge >= 0.3 is 6.03 Å². The van der Waals surface area contributed by atoms with Gasteiger partial charge in [-0.15, -0.1) is 0 Å². The molecule has 1 aliphatic heterocycles. The van der Waals surface area contributed by atoms with Gasteiger partial charge < -0.3 is 20.0 Å². The van der Waals surface area contributed by atoms with Gasteiger partial charge in [0.2, 0.25) is 5.91 Å². The number of rotatable bonds is 5. The van der Waals surface area contributed by atoms with Gasteiger partial charge in [0.1, 0.15) is 0 Å². The van der Waals surface area contributed by atoms with E-state index in [-0.39, 0.29) is 11.4 Å². The summed E-state index contributed by atoms with van der Waals surface area (Å²) in [5, 5.41) is 3.05. The van der Waals surface area contributed by atoms with Crippen LogP contribution in [0.2, 0.25) is 0 Å². The molecule has 3 amide bonds. The predicted molar refractivity (Wildman–Crippen MR) is 125 cm³/mol. The highest BCUT2D eigenvalue weighted by Crippen LogP contribution is 2.60. The molecular weight excluding hydrogens is 400 g/mol. The summed E-state index contributed by atoms with van der Waals surface area (Å²) in [6.45, 7) is 4.06. The second kappa shape index (κ2) is 8.69. The van der Waals surface area contributed by atoms with Gasteiger partial charge in [0, 0.05) is 39.3 Å². The Morgan fingerprint density at radius 3 is 1.91 bits per heavy atom. The molecule has 32 heavy (non-hydrogen) atoms. The van der Waals surface area contributed by atoms with Crippen molar-refractivity contribution in [2.45, 2.75) is 51.6 Å². The van der Waals surface area contributed by atoms with Crippen LogP contribution in [0, 0.1) is 23.2 Å². The summed E-state index contributed by atoms with van der Waals surface area (Å²) < 4.78 is 0. The van der Waals surface area contributed by atoms with E-state index in [9.17, 15) is 9.59 Å². The zero-order valence-corrected chi connectivity index (χ0v) is 19.7. The molecule has 1 heterocycles. The first-order valence-electron chi connectivity index (χ1n) is 12.4. The van der Waals surface area contributed by atoms with Crippen molar-refractivity contribution in [1.29, 1.82) is 0 Å². The van der Waals surface area contributed by atoms with E-state index >= 15 is 0 Å². The number of piperazine rings is 1. The van der Waals surface area contributed by atoms with Gasteiger partial charge in [0.05, 0.1) is 5.41 Å². The molecule has 0 atom stereocenters. The quantitative estimate of drug-likeness (QED) is 0.767. The number of hydrogen-bond acceptors (Lipinski definition) is 3. The van der Waals surface area contributed by atoms with Crippen molar-refractivity contribution in [2.24, 2.45) is 23.2 Å². The number of carbonyl (C=O) groups is 2. The second-order valence-electron chi connectivity index (χ2n) is 11.2. The summed E-state index contributed by atoms with van der Waals surface area (Å²) in [5.41, 5.74) is 2.30. The van der Waals surface area contributed by atoms with Crippen molar-refractivity contribution in [2.75, 3.05) is 40.3 Å². The molecular formula is C26H38N4O2. The van der Waals surface area contributed by atoms with Gasteiger partial charge in [0.25, 0.3) is 0 Å². The molecule has 6 heteroatoms. The highest BCUT2D eigenvalue weighted by molar-refractivity contribution is 5.84. The van der Waals surface area contributed by atoms with Crippen LogP contribution in [-0.4, -0.2) is 66.9 Å². The average molecular weight is 439 g/mol. The van der Waals surface area contributed by atoms with Gasteiger partial charge in [0.15, 0.2) is 0 Å². The zero-order valence-electron chi connectivity index (χ0n) is 19.7. The first kappa shape index (κ1) is 21.7. The third-order valence-corrected chi connectivity index (χ3v) is 8.31. The molecule has 0 aromatic heterocycles. The van der Waals surface area contributed by atoms with Crippen molar-refractivity contribution >= 4 is 11.9 Å². The Hall–Kier alpha value is -2.08. The fourth-order valence-corrected chi connectivity index (χ4v) is 7.24. The first-order valence-corrected chi connectivity index (χ1v) is 12.4. The number of carbonyl (C=O) groups excluding carboxylic acids is 2. The number of amides is 3. The summed E-state index contributed by atoms with van der Waals surface area (Å²) in [6, 6.07) is 8.39. The summed E-state index contributed by atoms with van der Waals surface area (Å²) in [6.07, 6.45) is 7.43. The molecule has 0 spiro atoms. The average Bonchev–Trinajstić information content (AvgIpc) is 2.77. The first-order chi connectivity index (χ1) is 15.4. The summed E-state index contributed by atoms with van der Waals surface area (Å²) in [5.74, 6) is 2.76. The lowest BCUT2D eigenvalue weighted by atomic mass is 9.49. The van der Waals surface area contributed by atoms with E-state index in [1.54, 1.807) is 0 Å². The third kappa shape index (κ3) is 4.39. The smallest absolute Gasteiger partial charge is 0.317 e. The molecule has 4 aliphatic carbocycles. The van der Waals surface area contributed by atoms with Crippen molar-refractivity contribution in [3.63, 3.8) is 0 Å². The van der Waals surface area contributed by atoms with E-state index in [4.69, 9.17) is 0 Å². The molecule has 4 bridgehead atoms. The van der Waals surface area contributed by atoms with E-state index in [2.05, 4.69) is 53.5 Å². The number of nitrogens with one attached hydrogen (secondary N) is 1. The minimum Gasteiger partial charge on any atom is -0.339 e. The maximum absolute atomic E-state index is 13.5. The maximum atomic E-state index is 13.5. The second-order valence-corrected chi connectivity index (χ2v) is 11.2. The van der Waals surface area contributed by atoms with Gasteiger partial charge in [-0.25, -0.2) is 4.79 Å². The number of nitrogens with zero attached hydrogens (tertiary/aromatic N) is 3. The lowest BCUT2D eigenvalue weighted by Crippen LogP contribution is -2.59. The predicted octanol–water partition coefficient (Wildman–Crippen LogP) is 3.32. The van der Waals surface area contributed by atoms with Gasteiger partial charge in [-0.2, -0.15) is 0 Å². The molecule has 4 saturated carbocycles. The Morgan fingerprint density at radius 1 is 0.875 bits per heavy atom. The lowest BCUT2D eigenvalue weighted by molar-refractivity contribution is -0.159. The Kier molecular flexibility index (Phi) is 5.91. The molecule has 1 aromatic carbocycles. The van der Waals surface area contributed by atoms with Crippen molar-refractivity contribution in [3.8, 4) is 0 Å². The van der Waals surface area contributed by atoms with Crippen molar-refractivity contribution in [3.05, 3.63) is 35.4 Å². The van der Waals surface area contributed by atoms with Gasteiger partial charge in [-0.05, 0) is 81.5 Å². The molecule has 174 valence electrons. The Bertz CT molecular complexity index is 807. The highest BCUT2D eigenvalue weighted by atomic mass is 16.2. The standard InChI is InChI=1S/C26H38N4O2/c1-28(2)18-20-5-3-19(4-6-20)17-27-25(32)30-9-7-29(8-10-30)24(31)26-14-21-11-22(15-26)13-23(12-21)16-26/h3-6,21-23H,7-18H2,1-2H3,(H,27,32). The lowest BCUT2D eigenvalue weighted by Gasteiger charge is -2.57. The zero-order chi connectivity index (χ0) is 22.3. The summed E-state index contributed by atoms with van der Waals surface area (Å²) >= 11 is 0. The van der Waals surface area contributed by atoms with E-state index in [1.165, 1.54) is 24.8 Å². The van der Waals surface area contributed by atoms with Crippen LogP contribution in [0.3, 0.4) is 0 Å².